The average Bonchev–Trinajstić information content (AvgIpc) is 3.17. The number of nitrogens with one attached hydrogen (secondary N) is 1. The fourth-order valence-electron chi connectivity index (χ4n) is 1.86. The number of hydrogen-bond acceptors (Lipinski definition) is 6. The van der Waals surface area contributed by atoms with Crippen LogP contribution in [0.1, 0.15) is 5.56 Å². The van der Waals surface area contributed by atoms with Crippen LogP contribution in [-0.4, -0.2) is 42.1 Å². The first-order chi connectivity index (χ1) is 11.2. The van der Waals surface area contributed by atoms with Crippen molar-refractivity contribution in [2.45, 2.75) is 6.54 Å². The zero-order valence-corrected chi connectivity index (χ0v) is 12.4. The molecule has 1 aromatic carbocycles. The van der Waals surface area contributed by atoms with Crippen LogP contribution in [0.25, 0.3) is 11.4 Å². The lowest BCUT2D eigenvalue weighted by atomic mass is 10.2. The van der Waals surface area contributed by atoms with Crippen LogP contribution >= 0.6 is 0 Å². The van der Waals surface area contributed by atoms with Crippen LogP contribution in [-0.2, 0) is 18.4 Å². The molecule has 0 bridgehead atoms. The van der Waals surface area contributed by atoms with Crippen molar-refractivity contribution in [2.75, 3.05) is 0 Å². The number of nitrogens with zero attached hydrogens (tertiary/aromatic N) is 7. The van der Waals surface area contributed by atoms with Crippen molar-refractivity contribution >= 4 is 12.1 Å². The maximum atomic E-state index is 11.8. The van der Waals surface area contributed by atoms with Crippen LogP contribution in [0.5, 0.6) is 0 Å². The summed E-state index contributed by atoms with van der Waals surface area (Å²) in [6, 6.07) is 9.42. The highest BCUT2D eigenvalue weighted by Crippen LogP contribution is 2.11. The number of hydrogen-bond donors (Lipinski definition) is 1. The van der Waals surface area contributed by atoms with E-state index < -0.39 is 0 Å². The number of rotatable bonds is 5. The number of benzene rings is 1. The molecule has 0 saturated carbocycles. The summed E-state index contributed by atoms with van der Waals surface area (Å²) >= 11 is 0. The summed E-state index contributed by atoms with van der Waals surface area (Å²) in [6.07, 6.45) is 4.93. The molecule has 1 amide bonds. The SMILES string of the molecule is Cn1cc(/C=N/NC(=O)Cn2nnc(-c3ccccc3)n2)cn1. The van der Waals surface area contributed by atoms with E-state index in [1.165, 1.54) is 11.0 Å². The number of amides is 1. The molecule has 0 fully saturated rings. The standard InChI is InChI=1S/C14H14N8O/c1-21-9-11(8-16-21)7-15-17-13(23)10-22-19-14(18-20-22)12-5-3-2-4-6-12/h2-9H,10H2,1H3,(H,17,23)/b15-7+. The van der Waals surface area contributed by atoms with Gasteiger partial charge in [-0.2, -0.15) is 15.0 Å². The molecule has 2 heterocycles. The third-order valence-corrected chi connectivity index (χ3v) is 2.90. The van der Waals surface area contributed by atoms with E-state index in [1.54, 1.807) is 24.1 Å². The third-order valence-electron chi connectivity index (χ3n) is 2.90. The van der Waals surface area contributed by atoms with E-state index >= 15 is 0 Å². The highest BCUT2D eigenvalue weighted by Gasteiger charge is 2.08. The van der Waals surface area contributed by atoms with Crippen LogP contribution in [0.3, 0.4) is 0 Å². The van der Waals surface area contributed by atoms with Gasteiger partial charge in [-0.3, -0.25) is 9.48 Å². The zero-order valence-electron chi connectivity index (χ0n) is 12.4. The Labute approximate surface area is 131 Å². The molecule has 0 spiro atoms. The first-order valence-corrected chi connectivity index (χ1v) is 6.84. The summed E-state index contributed by atoms with van der Waals surface area (Å²) in [5.41, 5.74) is 4.03. The van der Waals surface area contributed by atoms with E-state index in [-0.39, 0.29) is 12.5 Å². The normalized spacial score (nSPS) is 11.0. The summed E-state index contributed by atoms with van der Waals surface area (Å²) in [4.78, 5) is 13.0. The van der Waals surface area contributed by atoms with Crippen molar-refractivity contribution < 1.29 is 4.79 Å². The average molecular weight is 310 g/mol. The first-order valence-electron chi connectivity index (χ1n) is 6.84. The van der Waals surface area contributed by atoms with Gasteiger partial charge in [0.05, 0.1) is 12.4 Å². The fourth-order valence-corrected chi connectivity index (χ4v) is 1.86. The number of carbonyl (C=O) groups is 1. The monoisotopic (exact) mass is 310 g/mol. The van der Waals surface area contributed by atoms with E-state index in [0.29, 0.717) is 5.82 Å². The molecule has 3 aromatic rings. The molecular formula is C14H14N8O. The Kier molecular flexibility index (Phi) is 4.18. The molecule has 1 N–H and O–H groups in total. The van der Waals surface area contributed by atoms with Crippen LogP contribution < -0.4 is 5.43 Å². The Hall–Kier alpha value is -3.36. The molecule has 0 aliphatic heterocycles. The Morgan fingerprint density at radius 1 is 1.35 bits per heavy atom. The maximum Gasteiger partial charge on any atom is 0.263 e. The minimum absolute atomic E-state index is 0.0653. The quantitative estimate of drug-likeness (QED) is 0.536. The molecule has 9 nitrogen and oxygen atoms in total. The number of aryl methyl sites for hydroxylation is 1. The topological polar surface area (TPSA) is 103 Å². The maximum absolute atomic E-state index is 11.8. The van der Waals surface area contributed by atoms with Gasteiger partial charge in [-0.05, 0) is 5.21 Å². The molecule has 0 unspecified atom stereocenters. The second-order valence-electron chi connectivity index (χ2n) is 4.75. The molecule has 23 heavy (non-hydrogen) atoms. The van der Waals surface area contributed by atoms with E-state index in [9.17, 15) is 4.79 Å². The van der Waals surface area contributed by atoms with Gasteiger partial charge in [-0.25, -0.2) is 5.43 Å². The van der Waals surface area contributed by atoms with E-state index in [1.807, 2.05) is 30.3 Å². The first kappa shape index (κ1) is 14.6. The van der Waals surface area contributed by atoms with Crippen molar-refractivity contribution in [3.8, 4) is 11.4 Å². The molecule has 0 aliphatic carbocycles. The molecule has 0 atom stereocenters. The molecule has 9 heteroatoms. The molecule has 2 aromatic heterocycles. The highest BCUT2D eigenvalue weighted by atomic mass is 16.2. The van der Waals surface area contributed by atoms with E-state index in [4.69, 9.17) is 0 Å². The Bertz CT molecular complexity index is 820. The third kappa shape index (κ3) is 3.84. The summed E-state index contributed by atoms with van der Waals surface area (Å²) in [5, 5.41) is 19.8. The summed E-state index contributed by atoms with van der Waals surface area (Å²) in [5.74, 6) is 0.124. The Balaban J connectivity index is 1.56. The molecule has 116 valence electrons. The zero-order chi connectivity index (χ0) is 16.1. The van der Waals surface area contributed by atoms with Gasteiger partial charge in [0.25, 0.3) is 5.91 Å². The lowest BCUT2D eigenvalue weighted by Gasteiger charge is -1.97. The van der Waals surface area contributed by atoms with Gasteiger partial charge in [0.15, 0.2) is 0 Å². The predicted molar refractivity (Wildman–Crippen MR) is 82.2 cm³/mol. The summed E-state index contributed by atoms with van der Waals surface area (Å²) in [7, 11) is 1.80. The largest absolute Gasteiger partial charge is 0.275 e. The summed E-state index contributed by atoms with van der Waals surface area (Å²) < 4.78 is 1.65. The Morgan fingerprint density at radius 2 is 2.17 bits per heavy atom. The molecule has 0 saturated heterocycles. The number of carbonyl (C=O) groups excluding carboxylic acids is 1. The predicted octanol–water partition coefficient (Wildman–Crippen LogP) is 0.224. The lowest BCUT2D eigenvalue weighted by molar-refractivity contribution is -0.122. The van der Waals surface area contributed by atoms with E-state index in [0.717, 1.165) is 11.1 Å². The van der Waals surface area contributed by atoms with Crippen LogP contribution in [0.4, 0.5) is 0 Å². The smallest absolute Gasteiger partial charge is 0.263 e. The molecular weight excluding hydrogens is 296 g/mol. The van der Waals surface area contributed by atoms with Gasteiger partial charge < -0.3 is 0 Å². The highest BCUT2D eigenvalue weighted by molar-refractivity contribution is 5.81. The van der Waals surface area contributed by atoms with Gasteiger partial charge in [-0.1, -0.05) is 30.3 Å². The molecule has 0 radical (unpaired) electrons. The second-order valence-corrected chi connectivity index (χ2v) is 4.75. The number of aromatic nitrogens is 6. The van der Waals surface area contributed by atoms with Crippen molar-refractivity contribution in [3.05, 3.63) is 48.3 Å². The number of hydrazone groups is 1. The Morgan fingerprint density at radius 3 is 2.91 bits per heavy atom. The molecule has 3 rings (SSSR count). The molecule has 0 aliphatic rings. The van der Waals surface area contributed by atoms with Crippen molar-refractivity contribution in [1.82, 2.24) is 35.4 Å². The fraction of sp³-hybridized carbons (Fsp3) is 0.143. The van der Waals surface area contributed by atoms with Crippen LogP contribution in [0.2, 0.25) is 0 Å². The van der Waals surface area contributed by atoms with E-state index in [2.05, 4.69) is 31.0 Å². The summed E-state index contributed by atoms with van der Waals surface area (Å²) in [6.45, 7) is -0.0653. The second kappa shape index (κ2) is 6.60. The lowest BCUT2D eigenvalue weighted by Crippen LogP contribution is -2.24. The van der Waals surface area contributed by atoms with Crippen molar-refractivity contribution in [2.24, 2.45) is 12.1 Å². The van der Waals surface area contributed by atoms with Crippen molar-refractivity contribution in [1.29, 1.82) is 0 Å². The van der Waals surface area contributed by atoms with Gasteiger partial charge in [0.2, 0.25) is 5.82 Å². The van der Waals surface area contributed by atoms with Gasteiger partial charge in [0, 0.05) is 24.4 Å². The van der Waals surface area contributed by atoms with Gasteiger partial charge >= 0.3 is 0 Å². The number of tetrazole rings is 1. The van der Waals surface area contributed by atoms with Crippen molar-refractivity contribution in [3.63, 3.8) is 0 Å². The minimum Gasteiger partial charge on any atom is -0.275 e. The van der Waals surface area contributed by atoms with Gasteiger partial charge in [-0.15, -0.1) is 10.2 Å². The van der Waals surface area contributed by atoms with Crippen LogP contribution in [0.15, 0.2) is 47.8 Å². The van der Waals surface area contributed by atoms with Crippen LogP contribution in [0, 0.1) is 0 Å². The minimum atomic E-state index is -0.345. The van der Waals surface area contributed by atoms with Gasteiger partial charge in [0.1, 0.15) is 6.54 Å².